The number of H-pyrrole nitrogens is 1. The van der Waals surface area contributed by atoms with Crippen LogP contribution in [-0.4, -0.2) is 4.98 Å². The number of unbranched alkanes of at least 4 members (excludes halogenated alkanes) is 1. The second kappa shape index (κ2) is 6.65. The first kappa shape index (κ1) is 12.3. The van der Waals surface area contributed by atoms with Crippen molar-refractivity contribution in [2.45, 2.75) is 58.9 Å². The number of hydrogen-bond donors (Lipinski definition) is 1. The van der Waals surface area contributed by atoms with Crippen LogP contribution >= 0.6 is 0 Å². The maximum Gasteiger partial charge on any atom is 0.241 e. The van der Waals surface area contributed by atoms with Gasteiger partial charge >= 0.3 is 0 Å². The largest absolute Gasteiger partial charge is 0.250 e. The summed E-state index contributed by atoms with van der Waals surface area (Å²) in [5, 5.41) is 0. The number of aromatic nitrogens is 2. The first-order valence-electron chi connectivity index (χ1n) is 6.33. The van der Waals surface area contributed by atoms with Gasteiger partial charge in [-0.1, -0.05) is 40.0 Å². The summed E-state index contributed by atoms with van der Waals surface area (Å²) in [6, 6.07) is 0.674. The van der Waals surface area contributed by atoms with Gasteiger partial charge in [0.2, 0.25) is 6.33 Å². The Hall–Kier alpha value is -0.790. The minimum atomic E-state index is 0.674. The third-order valence-electron chi connectivity index (χ3n) is 3.20. The highest BCUT2D eigenvalue weighted by molar-refractivity contribution is 4.65. The number of rotatable bonds is 7. The van der Waals surface area contributed by atoms with Crippen LogP contribution in [0.2, 0.25) is 0 Å². The van der Waals surface area contributed by atoms with Crippen LogP contribution in [0.1, 0.15) is 58.9 Å². The first-order valence-corrected chi connectivity index (χ1v) is 6.33. The Morgan fingerprint density at radius 2 is 2.00 bits per heavy atom. The summed E-state index contributed by atoms with van der Waals surface area (Å²) in [5.74, 6) is 0.783. The van der Waals surface area contributed by atoms with Crippen molar-refractivity contribution in [2.75, 3.05) is 0 Å². The molecule has 0 aliphatic carbocycles. The highest BCUT2D eigenvalue weighted by Crippen LogP contribution is 2.22. The van der Waals surface area contributed by atoms with E-state index in [4.69, 9.17) is 0 Å². The van der Waals surface area contributed by atoms with Crippen LogP contribution in [0.3, 0.4) is 0 Å². The molecule has 0 saturated carbocycles. The summed E-state index contributed by atoms with van der Waals surface area (Å²) in [4.78, 5) is 3.14. The number of nitrogens with one attached hydrogen (secondary N) is 1. The van der Waals surface area contributed by atoms with Crippen LogP contribution in [0.4, 0.5) is 0 Å². The van der Waals surface area contributed by atoms with Gasteiger partial charge in [0, 0.05) is 0 Å². The minimum Gasteiger partial charge on any atom is -0.250 e. The zero-order chi connectivity index (χ0) is 11.1. The van der Waals surface area contributed by atoms with E-state index >= 15 is 0 Å². The van der Waals surface area contributed by atoms with Crippen molar-refractivity contribution in [3.63, 3.8) is 0 Å². The van der Waals surface area contributed by atoms with Gasteiger partial charge in [-0.25, -0.2) is 4.57 Å². The Morgan fingerprint density at radius 1 is 1.20 bits per heavy atom. The lowest BCUT2D eigenvalue weighted by molar-refractivity contribution is -0.729. The quantitative estimate of drug-likeness (QED) is 0.663. The molecule has 0 spiro atoms. The Bertz CT molecular complexity index is 241. The molecule has 2 nitrogen and oxygen atoms in total. The van der Waals surface area contributed by atoms with Gasteiger partial charge in [-0.2, -0.15) is 0 Å². The molecule has 0 aliphatic rings. The zero-order valence-corrected chi connectivity index (χ0v) is 10.4. The van der Waals surface area contributed by atoms with Crippen LogP contribution in [0.25, 0.3) is 0 Å². The normalized spacial score (nSPS) is 15.1. The number of hydrogen-bond acceptors (Lipinski definition) is 0. The maximum atomic E-state index is 3.14. The van der Waals surface area contributed by atoms with Gasteiger partial charge in [0.05, 0.1) is 0 Å². The summed E-state index contributed by atoms with van der Waals surface area (Å²) in [7, 11) is 0. The summed E-state index contributed by atoms with van der Waals surface area (Å²) in [6.45, 7) is 6.92. The summed E-state index contributed by atoms with van der Waals surface area (Å²) >= 11 is 0. The van der Waals surface area contributed by atoms with E-state index in [1.54, 1.807) is 0 Å². The summed E-state index contributed by atoms with van der Waals surface area (Å²) in [5.41, 5.74) is 0. The number of imidazole rings is 1. The van der Waals surface area contributed by atoms with E-state index in [-0.39, 0.29) is 0 Å². The first-order chi connectivity index (χ1) is 7.29. The molecule has 0 amide bonds. The molecule has 0 aromatic carbocycles. The average molecular weight is 209 g/mol. The predicted molar refractivity (Wildman–Crippen MR) is 63.6 cm³/mol. The fraction of sp³-hybridized carbons (Fsp3) is 0.769. The second-order valence-corrected chi connectivity index (χ2v) is 4.53. The van der Waals surface area contributed by atoms with E-state index in [2.05, 4.69) is 42.8 Å². The fourth-order valence-electron chi connectivity index (χ4n) is 2.25. The molecule has 2 unspecified atom stereocenters. The van der Waals surface area contributed by atoms with Crippen molar-refractivity contribution < 1.29 is 4.57 Å². The maximum absolute atomic E-state index is 3.14. The van der Waals surface area contributed by atoms with Crippen molar-refractivity contribution in [1.29, 1.82) is 0 Å². The van der Waals surface area contributed by atoms with Gasteiger partial charge in [-0.15, -0.1) is 0 Å². The topological polar surface area (TPSA) is 19.7 Å². The zero-order valence-electron chi connectivity index (χ0n) is 10.4. The van der Waals surface area contributed by atoms with Crippen LogP contribution < -0.4 is 4.57 Å². The Labute approximate surface area is 93.7 Å². The lowest BCUT2D eigenvalue weighted by Gasteiger charge is -2.20. The van der Waals surface area contributed by atoms with Crippen LogP contribution in [0.5, 0.6) is 0 Å². The van der Waals surface area contributed by atoms with E-state index in [1.165, 1.54) is 32.1 Å². The fourth-order valence-corrected chi connectivity index (χ4v) is 2.25. The van der Waals surface area contributed by atoms with Crippen molar-refractivity contribution in [3.8, 4) is 0 Å². The lowest BCUT2D eigenvalue weighted by atomic mass is 9.92. The van der Waals surface area contributed by atoms with E-state index in [1.807, 2.05) is 6.20 Å². The highest BCUT2D eigenvalue weighted by atomic mass is 15.1. The standard InChI is InChI=1S/C13H24N2/c1-4-6-8-12(3)13(7-5-2)15-10-9-14-11-15/h9-13H,4-8H2,1-3H3/p+1. The highest BCUT2D eigenvalue weighted by Gasteiger charge is 2.21. The van der Waals surface area contributed by atoms with E-state index in [0.717, 1.165) is 5.92 Å². The molecule has 1 aromatic rings. The number of nitrogens with zero attached hydrogens (tertiary/aromatic N) is 1. The molecule has 2 atom stereocenters. The molecule has 1 heterocycles. The smallest absolute Gasteiger partial charge is 0.241 e. The minimum absolute atomic E-state index is 0.674. The molecule has 1 N–H and O–H groups in total. The molecule has 0 saturated heterocycles. The van der Waals surface area contributed by atoms with Crippen molar-refractivity contribution in [2.24, 2.45) is 5.92 Å². The van der Waals surface area contributed by atoms with Gasteiger partial charge in [0.25, 0.3) is 0 Å². The van der Waals surface area contributed by atoms with Crippen LogP contribution in [0.15, 0.2) is 18.7 Å². The molecule has 1 rings (SSSR count). The molecule has 0 aliphatic heterocycles. The summed E-state index contributed by atoms with van der Waals surface area (Å²) < 4.78 is 2.34. The average Bonchev–Trinajstić information content (AvgIpc) is 2.75. The van der Waals surface area contributed by atoms with Gasteiger partial charge in [-0.3, -0.25) is 4.98 Å². The molecule has 1 aromatic heterocycles. The van der Waals surface area contributed by atoms with Gasteiger partial charge in [0.1, 0.15) is 18.4 Å². The van der Waals surface area contributed by atoms with E-state index in [9.17, 15) is 0 Å². The Balaban J connectivity index is 2.57. The number of aromatic amines is 1. The molecule has 0 radical (unpaired) electrons. The van der Waals surface area contributed by atoms with Gasteiger partial charge < -0.3 is 0 Å². The Morgan fingerprint density at radius 3 is 2.53 bits per heavy atom. The molecule has 0 fully saturated rings. The molecule has 2 heteroatoms. The van der Waals surface area contributed by atoms with Crippen molar-refractivity contribution in [3.05, 3.63) is 18.7 Å². The molecular weight excluding hydrogens is 184 g/mol. The van der Waals surface area contributed by atoms with E-state index in [0.29, 0.717) is 6.04 Å². The third kappa shape index (κ3) is 3.69. The SMILES string of the molecule is CCCCC(C)C(CCC)[n+]1cc[nH]c1. The molecule has 86 valence electrons. The third-order valence-corrected chi connectivity index (χ3v) is 3.20. The van der Waals surface area contributed by atoms with Gasteiger partial charge in [0.15, 0.2) is 0 Å². The van der Waals surface area contributed by atoms with E-state index < -0.39 is 0 Å². The molecule has 15 heavy (non-hydrogen) atoms. The van der Waals surface area contributed by atoms with Crippen LogP contribution in [0, 0.1) is 5.92 Å². The second-order valence-electron chi connectivity index (χ2n) is 4.53. The lowest BCUT2D eigenvalue weighted by Crippen LogP contribution is -2.40. The van der Waals surface area contributed by atoms with Crippen LogP contribution in [-0.2, 0) is 0 Å². The monoisotopic (exact) mass is 209 g/mol. The predicted octanol–water partition coefficient (Wildman–Crippen LogP) is 3.47. The van der Waals surface area contributed by atoms with Crippen molar-refractivity contribution in [1.82, 2.24) is 4.98 Å². The Kier molecular flexibility index (Phi) is 5.44. The molecule has 0 bridgehead atoms. The summed E-state index contributed by atoms with van der Waals surface area (Å²) in [6.07, 6.45) is 12.8. The van der Waals surface area contributed by atoms with Gasteiger partial charge in [-0.05, 0) is 18.8 Å². The molecular formula is C13H25N2+. The van der Waals surface area contributed by atoms with Crippen molar-refractivity contribution >= 4 is 0 Å².